The van der Waals surface area contributed by atoms with E-state index >= 15 is 0 Å². The molecule has 0 radical (unpaired) electrons. The van der Waals surface area contributed by atoms with Crippen molar-refractivity contribution in [1.29, 1.82) is 0 Å². The van der Waals surface area contributed by atoms with Gasteiger partial charge in [0.1, 0.15) is 0 Å². The molecule has 0 unspecified atom stereocenters. The molecule has 0 spiro atoms. The van der Waals surface area contributed by atoms with Gasteiger partial charge in [0, 0.05) is 0 Å². The van der Waals surface area contributed by atoms with Gasteiger partial charge in [-0.05, 0) is 12.5 Å². The Morgan fingerprint density at radius 3 is 2.00 bits per heavy atom. The van der Waals surface area contributed by atoms with Crippen molar-refractivity contribution >= 4 is 0 Å². The quantitative estimate of drug-likeness (QED) is 0.414. The van der Waals surface area contributed by atoms with Crippen LogP contribution in [-0.2, 0) is 0 Å². The molecule has 0 heterocycles. The molecule has 0 aromatic rings. The number of hydrogen-bond acceptors (Lipinski definition) is 0. The highest BCUT2D eigenvalue weighted by molar-refractivity contribution is 4.67. The molecule has 0 atom stereocenters. The standard InChI is InChI=1S/C6H13N.ClH/c1-4-5-6-7(2)3;/h5-6H,4H2,1-3H3;1H. The zero-order valence-corrected chi connectivity index (χ0v) is 6.50. The van der Waals surface area contributed by atoms with Crippen molar-refractivity contribution in [2.24, 2.45) is 0 Å². The van der Waals surface area contributed by atoms with Crippen LogP contribution in [0.25, 0.3) is 0 Å². The molecule has 1 N–H and O–H groups in total. The summed E-state index contributed by atoms with van der Waals surface area (Å²) in [6.07, 6.45) is 5.44. The van der Waals surface area contributed by atoms with Gasteiger partial charge in [-0.3, -0.25) is 0 Å². The largest absolute Gasteiger partial charge is 1.00 e. The Morgan fingerprint density at radius 2 is 1.88 bits per heavy atom. The number of hydrogen-bond donors (Lipinski definition) is 1. The summed E-state index contributed by atoms with van der Waals surface area (Å²) in [4.78, 5) is 1.38. The van der Waals surface area contributed by atoms with Crippen LogP contribution < -0.4 is 17.3 Å². The topological polar surface area (TPSA) is 4.44 Å². The Labute approximate surface area is 57.8 Å². The van der Waals surface area contributed by atoms with Crippen molar-refractivity contribution in [3.8, 4) is 0 Å². The second kappa shape index (κ2) is 6.99. The van der Waals surface area contributed by atoms with Crippen LogP contribution in [0, 0.1) is 0 Å². The molecule has 0 aliphatic rings. The van der Waals surface area contributed by atoms with Gasteiger partial charge >= 0.3 is 0 Å². The average Bonchev–Trinajstić information content (AvgIpc) is 1.61. The van der Waals surface area contributed by atoms with Crippen molar-refractivity contribution in [2.75, 3.05) is 14.1 Å². The van der Waals surface area contributed by atoms with Crippen LogP contribution in [0.1, 0.15) is 13.3 Å². The summed E-state index contributed by atoms with van der Waals surface area (Å²) in [5, 5.41) is 0. The number of halogens is 1. The van der Waals surface area contributed by atoms with E-state index in [2.05, 4.69) is 33.3 Å². The summed E-state index contributed by atoms with van der Waals surface area (Å²) in [5.74, 6) is 0. The second-order valence-electron chi connectivity index (χ2n) is 1.89. The summed E-state index contributed by atoms with van der Waals surface area (Å²) in [7, 11) is 4.21. The Balaban J connectivity index is 0. The fourth-order valence-electron chi connectivity index (χ4n) is 0.354. The van der Waals surface area contributed by atoms with E-state index in [1.165, 1.54) is 4.90 Å². The van der Waals surface area contributed by atoms with Crippen molar-refractivity contribution in [3.63, 3.8) is 0 Å². The van der Waals surface area contributed by atoms with Crippen molar-refractivity contribution < 1.29 is 17.3 Å². The monoisotopic (exact) mass is 135 g/mol. The molecule has 0 saturated carbocycles. The fraction of sp³-hybridized carbons (Fsp3) is 0.667. The number of rotatable bonds is 2. The highest BCUT2D eigenvalue weighted by Crippen LogP contribution is 1.70. The lowest BCUT2D eigenvalue weighted by Gasteiger charge is -1.93. The van der Waals surface area contributed by atoms with E-state index in [1.54, 1.807) is 0 Å². The van der Waals surface area contributed by atoms with Gasteiger partial charge in [0.15, 0.2) is 0 Å². The predicted octanol–water partition coefficient (Wildman–Crippen LogP) is -2.94. The highest BCUT2D eigenvalue weighted by Gasteiger charge is 1.75. The van der Waals surface area contributed by atoms with Gasteiger partial charge in [0.25, 0.3) is 0 Å². The number of nitrogens with one attached hydrogen (secondary N) is 1. The average molecular weight is 136 g/mol. The van der Waals surface area contributed by atoms with Crippen LogP contribution in [0.3, 0.4) is 0 Å². The molecule has 1 nitrogen and oxygen atoms in total. The molecular weight excluding hydrogens is 122 g/mol. The Hall–Kier alpha value is -0.0100. The molecule has 0 fully saturated rings. The normalized spacial score (nSPS) is 10.0. The van der Waals surface area contributed by atoms with E-state index < -0.39 is 0 Å². The zero-order chi connectivity index (χ0) is 5.70. The summed E-state index contributed by atoms with van der Waals surface area (Å²) in [6.45, 7) is 2.14. The molecule has 0 rings (SSSR count). The van der Waals surface area contributed by atoms with E-state index in [0.29, 0.717) is 0 Å². The Bertz CT molecular complexity index is 59.5. The lowest BCUT2D eigenvalue weighted by Crippen LogP contribution is -3.00. The third-order valence-corrected chi connectivity index (χ3v) is 0.687. The van der Waals surface area contributed by atoms with E-state index in [1.807, 2.05) is 0 Å². The van der Waals surface area contributed by atoms with Crippen LogP contribution >= 0.6 is 0 Å². The SMILES string of the molecule is CCC=C[NH+](C)C.[Cl-]. The number of quaternary nitrogens is 1. The lowest BCUT2D eigenvalue weighted by molar-refractivity contribution is -0.801. The van der Waals surface area contributed by atoms with Gasteiger partial charge < -0.3 is 17.3 Å². The Morgan fingerprint density at radius 1 is 1.38 bits per heavy atom. The van der Waals surface area contributed by atoms with Crippen LogP contribution in [0.15, 0.2) is 12.3 Å². The minimum atomic E-state index is 0. The third-order valence-electron chi connectivity index (χ3n) is 0.687. The first-order valence-electron chi connectivity index (χ1n) is 2.74. The van der Waals surface area contributed by atoms with E-state index in [9.17, 15) is 0 Å². The maximum absolute atomic E-state index is 2.16. The smallest absolute Gasteiger partial charge is 0.0897 e. The van der Waals surface area contributed by atoms with Gasteiger partial charge in [0.2, 0.25) is 0 Å². The molecule has 0 aliphatic carbocycles. The first kappa shape index (κ1) is 10.9. The summed E-state index contributed by atoms with van der Waals surface area (Å²) in [6, 6.07) is 0. The Kier molecular flexibility index (Phi) is 9.51. The van der Waals surface area contributed by atoms with E-state index in [4.69, 9.17) is 0 Å². The first-order valence-corrected chi connectivity index (χ1v) is 2.74. The highest BCUT2D eigenvalue weighted by atomic mass is 35.5. The maximum atomic E-state index is 2.16. The van der Waals surface area contributed by atoms with Crippen LogP contribution in [0.2, 0.25) is 0 Å². The summed E-state index contributed by atoms with van der Waals surface area (Å²) >= 11 is 0. The molecule has 0 aromatic carbocycles. The molecule has 8 heavy (non-hydrogen) atoms. The van der Waals surface area contributed by atoms with Gasteiger partial charge in [-0.1, -0.05) is 6.92 Å². The minimum Gasteiger partial charge on any atom is -1.00 e. The molecule has 50 valence electrons. The predicted molar refractivity (Wildman–Crippen MR) is 32.2 cm³/mol. The van der Waals surface area contributed by atoms with Crippen LogP contribution in [0.4, 0.5) is 0 Å². The first-order chi connectivity index (χ1) is 3.27. The summed E-state index contributed by atoms with van der Waals surface area (Å²) < 4.78 is 0. The van der Waals surface area contributed by atoms with Gasteiger partial charge in [-0.25, -0.2) is 0 Å². The molecule has 2 heteroatoms. The zero-order valence-electron chi connectivity index (χ0n) is 5.74. The van der Waals surface area contributed by atoms with E-state index in [0.717, 1.165) is 6.42 Å². The summed E-state index contributed by atoms with van der Waals surface area (Å²) in [5.41, 5.74) is 0. The van der Waals surface area contributed by atoms with Crippen molar-refractivity contribution in [1.82, 2.24) is 0 Å². The van der Waals surface area contributed by atoms with Crippen LogP contribution in [-0.4, -0.2) is 14.1 Å². The van der Waals surface area contributed by atoms with Gasteiger partial charge in [-0.15, -0.1) is 0 Å². The van der Waals surface area contributed by atoms with Crippen molar-refractivity contribution in [2.45, 2.75) is 13.3 Å². The molecule has 0 saturated heterocycles. The minimum absolute atomic E-state index is 0. The molecule has 0 aliphatic heterocycles. The third kappa shape index (κ3) is 9.37. The molecule has 0 bridgehead atoms. The lowest BCUT2D eigenvalue weighted by atomic mass is 10.5. The fourth-order valence-corrected chi connectivity index (χ4v) is 0.354. The van der Waals surface area contributed by atoms with E-state index in [-0.39, 0.29) is 12.4 Å². The second-order valence-corrected chi connectivity index (χ2v) is 1.89. The molecular formula is C6H14ClN. The molecule has 0 aromatic heterocycles. The molecule has 0 amide bonds. The van der Waals surface area contributed by atoms with Gasteiger partial charge in [-0.2, -0.15) is 0 Å². The van der Waals surface area contributed by atoms with Gasteiger partial charge in [0.05, 0.1) is 20.3 Å². The van der Waals surface area contributed by atoms with Crippen molar-refractivity contribution in [3.05, 3.63) is 12.3 Å². The number of allylic oxidation sites excluding steroid dienone is 1. The maximum Gasteiger partial charge on any atom is 0.0897 e. The van der Waals surface area contributed by atoms with Crippen LogP contribution in [0.5, 0.6) is 0 Å².